The summed E-state index contributed by atoms with van der Waals surface area (Å²) in [4.78, 5) is 22.9. The Kier molecular flexibility index (Phi) is 1.75. The highest BCUT2D eigenvalue weighted by Gasteiger charge is 2.67. The van der Waals surface area contributed by atoms with Crippen LogP contribution in [-0.2, 0) is 9.59 Å². The number of hydrogen-bond acceptors (Lipinski definition) is 2. The van der Waals surface area contributed by atoms with Crippen molar-refractivity contribution in [1.82, 2.24) is 0 Å². The Hall–Kier alpha value is -1.58. The summed E-state index contributed by atoms with van der Waals surface area (Å²) >= 11 is 0. The summed E-state index contributed by atoms with van der Waals surface area (Å²) in [5, 5.41) is 18.8. The molecule has 0 amide bonds. The van der Waals surface area contributed by atoms with Gasteiger partial charge in [-0.15, -0.1) is 0 Å². The van der Waals surface area contributed by atoms with Crippen molar-refractivity contribution in [3.63, 3.8) is 0 Å². The van der Waals surface area contributed by atoms with E-state index in [2.05, 4.69) is 0 Å². The standard InChI is InChI=1S/C14H14O4/c15-13(16)11-5-1-2-6-9(5)10-7(11)3-4-8(10)12(6)14(17)18/h1-12H,(H,15,16)(H,17,18). The molecular weight excluding hydrogens is 232 g/mol. The quantitative estimate of drug-likeness (QED) is 0.719. The Morgan fingerprint density at radius 2 is 0.944 bits per heavy atom. The number of aliphatic carboxylic acids is 2. The molecule has 4 aliphatic rings. The molecule has 4 aliphatic carbocycles. The smallest absolute Gasteiger partial charge is 0.307 e. The maximum atomic E-state index is 11.4. The summed E-state index contributed by atoms with van der Waals surface area (Å²) in [6.07, 6.45) is 7.86. The van der Waals surface area contributed by atoms with Crippen LogP contribution in [0.3, 0.4) is 0 Å². The van der Waals surface area contributed by atoms with Crippen molar-refractivity contribution in [3.8, 4) is 0 Å². The van der Waals surface area contributed by atoms with Crippen molar-refractivity contribution in [2.75, 3.05) is 0 Å². The molecule has 0 aliphatic heterocycles. The van der Waals surface area contributed by atoms with E-state index >= 15 is 0 Å². The van der Waals surface area contributed by atoms with Gasteiger partial charge in [0, 0.05) is 0 Å². The zero-order chi connectivity index (χ0) is 12.6. The molecule has 0 spiro atoms. The van der Waals surface area contributed by atoms with Gasteiger partial charge in [0.1, 0.15) is 0 Å². The molecule has 4 unspecified atom stereocenters. The van der Waals surface area contributed by atoms with E-state index in [0.717, 1.165) is 0 Å². The van der Waals surface area contributed by atoms with Crippen molar-refractivity contribution in [2.24, 2.45) is 47.3 Å². The number of carboxylic acids is 2. The van der Waals surface area contributed by atoms with E-state index < -0.39 is 11.9 Å². The van der Waals surface area contributed by atoms with Crippen molar-refractivity contribution < 1.29 is 19.8 Å². The molecule has 2 N–H and O–H groups in total. The third-order valence-electron chi connectivity index (χ3n) is 5.56. The lowest BCUT2D eigenvalue weighted by Crippen LogP contribution is -2.28. The molecule has 0 aromatic carbocycles. The summed E-state index contributed by atoms with van der Waals surface area (Å²) in [6, 6.07) is 0. The van der Waals surface area contributed by atoms with Crippen LogP contribution in [0, 0.1) is 47.3 Å². The fourth-order valence-electron chi connectivity index (χ4n) is 5.17. The summed E-state index contributed by atoms with van der Waals surface area (Å²) in [5.41, 5.74) is 0. The minimum absolute atomic E-state index is 0.0410. The first-order valence-corrected chi connectivity index (χ1v) is 6.43. The molecule has 2 fully saturated rings. The molecule has 94 valence electrons. The second-order valence-electron chi connectivity index (χ2n) is 5.96. The second kappa shape index (κ2) is 3.05. The van der Waals surface area contributed by atoms with Crippen LogP contribution in [0.25, 0.3) is 0 Å². The topological polar surface area (TPSA) is 74.6 Å². The number of rotatable bonds is 2. The minimum Gasteiger partial charge on any atom is -0.481 e. The van der Waals surface area contributed by atoms with E-state index in [9.17, 15) is 19.8 Å². The third kappa shape index (κ3) is 0.945. The molecule has 18 heavy (non-hydrogen) atoms. The lowest BCUT2D eigenvalue weighted by atomic mass is 9.83. The van der Waals surface area contributed by atoms with Gasteiger partial charge in [0.15, 0.2) is 0 Å². The fraction of sp³-hybridized carbons (Fsp3) is 0.571. The Morgan fingerprint density at radius 3 is 1.17 bits per heavy atom. The largest absolute Gasteiger partial charge is 0.481 e. The first kappa shape index (κ1) is 10.4. The van der Waals surface area contributed by atoms with E-state index in [-0.39, 0.29) is 47.3 Å². The molecule has 0 aromatic rings. The van der Waals surface area contributed by atoms with Gasteiger partial charge in [-0.2, -0.15) is 0 Å². The normalized spacial score (nSPS) is 54.0. The maximum absolute atomic E-state index is 11.4. The summed E-state index contributed by atoms with van der Waals surface area (Å²) in [6.45, 7) is 0. The second-order valence-corrected chi connectivity index (χ2v) is 5.96. The van der Waals surface area contributed by atoms with E-state index in [0.29, 0.717) is 0 Å². The number of allylic oxidation sites excluding steroid dienone is 4. The molecule has 0 aromatic heterocycles. The molecule has 0 heterocycles. The predicted molar refractivity (Wildman–Crippen MR) is 61.5 cm³/mol. The number of carbonyl (C=O) groups is 2. The van der Waals surface area contributed by atoms with Crippen molar-refractivity contribution in [2.45, 2.75) is 0 Å². The van der Waals surface area contributed by atoms with Gasteiger partial charge in [-0.1, -0.05) is 24.3 Å². The summed E-state index contributed by atoms with van der Waals surface area (Å²) < 4.78 is 0. The first-order chi connectivity index (χ1) is 8.61. The van der Waals surface area contributed by atoms with Gasteiger partial charge >= 0.3 is 11.9 Å². The Balaban J connectivity index is 1.82. The van der Waals surface area contributed by atoms with Crippen LogP contribution in [0.2, 0.25) is 0 Å². The van der Waals surface area contributed by atoms with Crippen LogP contribution in [0.4, 0.5) is 0 Å². The summed E-state index contributed by atoms with van der Waals surface area (Å²) in [5.74, 6) is -1.54. The van der Waals surface area contributed by atoms with Gasteiger partial charge in [0.2, 0.25) is 0 Å². The molecular formula is C14H14O4. The highest BCUT2D eigenvalue weighted by molar-refractivity contribution is 5.76. The SMILES string of the molecule is O=C(O)C1C2C=CC3C(C(=O)O)C4C=CC1C4C23. The zero-order valence-electron chi connectivity index (χ0n) is 9.64. The third-order valence-corrected chi connectivity index (χ3v) is 5.56. The van der Waals surface area contributed by atoms with Gasteiger partial charge in [-0.3, -0.25) is 9.59 Å². The van der Waals surface area contributed by atoms with Crippen molar-refractivity contribution in [1.29, 1.82) is 0 Å². The lowest BCUT2D eigenvalue weighted by Gasteiger charge is -2.19. The monoisotopic (exact) mass is 246 g/mol. The van der Waals surface area contributed by atoms with E-state index in [1.54, 1.807) is 0 Å². The average molecular weight is 246 g/mol. The van der Waals surface area contributed by atoms with Crippen LogP contribution in [-0.4, -0.2) is 22.2 Å². The van der Waals surface area contributed by atoms with E-state index in [4.69, 9.17) is 0 Å². The van der Waals surface area contributed by atoms with Gasteiger partial charge in [-0.05, 0) is 35.5 Å². The van der Waals surface area contributed by atoms with Crippen LogP contribution < -0.4 is 0 Å². The highest BCUT2D eigenvalue weighted by Crippen LogP contribution is 2.67. The van der Waals surface area contributed by atoms with Crippen LogP contribution >= 0.6 is 0 Å². The van der Waals surface area contributed by atoms with Crippen LogP contribution in [0.1, 0.15) is 0 Å². The Bertz CT molecular complexity index is 432. The molecule has 4 heteroatoms. The number of carboxylic acid groups (broad SMARTS) is 2. The van der Waals surface area contributed by atoms with E-state index in [1.165, 1.54) is 0 Å². The number of hydrogen-bond donors (Lipinski definition) is 2. The molecule has 4 atom stereocenters. The van der Waals surface area contributed by atoms with Crippen molar-refractivity contribution in [3.05, 3.63) is 24.3 Å². The lowest BCUT2D eigenvalue weighted by molar-refractivity contribution is -0.144. The molecule has 0 bridgehead atoms. The highest BCUT2D eigenvalue weighted by atomic mass is 16.4. The van der Waals surface area contributed by atoms with Crippen molar-refractivity contribution >= 4 is 11.9 Å². The van der Waals surface area contributed by atoms with Gasteiger partial charge in [0.05, 0.1) is 11.8 Å². The van der Waals surface area contributed by atoms with Gasteiger partial charge in [0.25, 0.3) is 0 Å². The molecule has 0 radical (unpaired) electrons. The Labute approximate surface area is 104 Å². The van der Waals surface area contributed by atoms with Crippen LogP contribution in [0.5, 0.6) is 0 Å². The summed E-state index contributed by atoms with van der Waals surface area (Å²) in [7, 11) is 0. The molecule has 4 nitrogen and oxygen atoms in total. The molecule has 4 rings (SSSR count). The Morgan fingerprint density at radius 1 is 0.667 bits per heavy atom. The predicted octanol–water partition coefficient (Wildman–Crippen LogP) is 1.25. The average Bonchev–Trinajstić information content (AvgIpc) is 2.95. The minimum atomic E-state index is -0.734. The zero-order valence-corrected chi connectivity index (χ0v) is 9.64. The maximum Gasteiger partial charge on any atom is 0.307 e. The van der Waals surface area contributed by atoms with E-state index in [1.807, 2.05) is 24.3 Å². The molecule has 2 saturated carbocycles. The first-order valence-electron chi connectivity index (χ1n) is 6.43. The van der Waals surface area contributed by atoms with Gasteiger partial charge in [-0.25, -0.2) is 0 Å². The van der Waals surface area contributed by atoms with Gasteiger partial charge < -0.3 is 10.2 Å². The van der Waals surface area contributed by atoms with Crippen LogP contribution in [0.15, 0.2) is 24.3 Å². The molecule has 0 saturated heterocycles. The fourth-order valence-corrected chi connectivity index (χ4v) is 5.17.